The number of piperidine rings is 1. The topological polar surface area (TPSA) is 79.0 Å². The zero-order chi connectivity index (χ0) is 16.1. The Morgan fingerprint density at radius 2 is 1.83 bits per heavy atom. The Labute approximate surface area is 134 Å². The van der Waals surface area contributed by atoms with Crippen molar-refractivity contribution >= 4 is 5.91 Å². The number of H-pyrrole nitrogens is 1. The second kappa shape index (κ2) is 7.17. The number of nitrogens with one attached hydrogen (secondary N) is 1. The van der Waals surface area contributed by atoms with Gasteiger partial charge in [-0.2, -0.15) is 0 Å². The van der Waals surface area contributed by atoms with Gasteiger partial charge in [-0.25, -0.2) is 0 Å². The van der Waals surface area contributed by atoms with E-state index in [2.05, 4.69) is 15.2 Å². The van der Waals surface area contributed by atoms with E-state index >= 15 is 0 Å². The van der Waals surface area contributed by atoms with Gasteiger partial charge in [0.1, 0.15) is 5.69 Å². The lowest BCUT2D eigenvalue weighted by Gasteiger charge is -2.26. The van der Waals surface area contributed by atoms with Gasteiger partial charge in [-0.15, -0.1) is 10.2 Å². The van der Waals surface area contributed by atoms with E-state index in [0.29, 0.717) is 24.4 Å². The van der Waals surface area contributed by atoms with Crippen LogP contribution in [0.4, 0.5) is 0 Å². The Hall–Kier alpha value is -2.50. The van der Waals surface area contributed by atoms with Crippen molar-refractivity contribution in [2.75, 3.05) is 13.1 Å². The molecule has 0 aliphatic carbocycles. The van der Waals surface area contributed by atoms with E-state index in [1.807, 2.05) is 35.2 Å². The Bertz CT molecular complexity index is 721. The number of amides is 1. The average Bonchev–Trinajstić information content (AvgIpc) is 2.62. The Morgan fingerprint density at radius 3 is 2.52 bits per heavy atom. The highest BCUT2D eigenvalue weighted by Gasteiger charge is 2.17. The molecule has 6 heteroatoms. The van der Waals surface area contributed by atoms with E-state index in [1.165, 1.54) is 6.42 Å². The normalized spacial score (nSPS) is 14.7. The molecule has 2 heterocycles. The van der Waals surface area contributed by atoms with E-state index in [1.54, 1.807) is 0 Å². The number of rotatable bonds is 4. The van der Waals surface area contributed by atoms with Crippen LogP contribution in [0.1, 0.15) is 31.4 Å². The molecule has 120 valence electrons. The fourth-order valence-corrected chi connectivity index (χ4v) is 2.78. The van der Waals surface area contributed by atoms with Crippen molar-refractivity contribution in [1.29, 1.82) is 0 Å². The number of carbonyl (C=O) groups excluding carboxylic acids is 1. The van der Waals surface area contributed by atoms with Gasteiger partial charge >= 0.3 is 0 Å². The summed E-state index contributed by atoms with van der Waals surface area (Å²) in [5.41, 5.74) is 0.855. The standard InChI is InChI=1S/C17H20N4O2/c22-15(21-11-5-2-6-12-21)10-9-14-17(23)18-16(20-19-14)13-7-3-1-4-8-13/h1,3-4,7-8H,2,5-6,9-12H2,(H,18,20,23). The molecular weight excluding hydrogens is 292 g/mol. The summed E-state index contributed by atoms with van der Waals surface area (Å²) in [6.45, 7) is 1.65. The quantitative estimate of drug-likeness (QED) is 0.933. The molecule has 23 heavy (non-hydrogen) atoms. The zero-order valence-corrected chi connectivity index (χ0v) is 13.0. The van der Waals surface area contributed by atoms with Crippen LogP contribution in [0, 0.1) is 0 Å². The first-order chi connectivity index (χ1) is 11.2. The van der Waals surface area contributed by atoms with E-state index in [-0.39, 0.29) is 11.5 Å². The summed E-state index contributed by atoms with van der Waals surface area (Å²) in [5, 5.41) is 8.08. The first kappa shape index (κ1) is 15.4. The first-order valence-corrected chi connectivity index (χ1v) is 8.03. The number of aryl methyl sites for hydroxylation is 1. The molecule has 1 fully saturated rings. The van der Waals surface area contributed by atoms with Crippen LogP contribution >= 0.6 is 0 Å². The van der Waals surface area contributed by atoms with Crippen LogP contribution < -0.4 is 5.56 Å². The van der Waals surface area contributed by atoms with Crippen molar-refractivity contribution in [3.8, 4) is 11.4 Å². The van der Waals surface area contributed by atoms with Crippen LogP contribution in [0.25, 0.3) is 11.4 Å². The smallest absolute Gasteiger partial charge is 0.273 e. The molecule has 2 aromatic rings. The molecule has 0 bridgehead atoms. The number of aromatic amines is 1. The van der Waals surface area contributed by atoms with E-state index in [4.69, 9.17) is 0 Å². The zero-order valence-electron chi connectivity index (χ0n) is 13.0. The van der Waals surface area contributed by atoms with Crippen LogP contribution in [0.2, 0.25) is 0 Å². The first-order valence-electron chi connectivity index (χ1n) is 8.03. The highest BCUT2D eigenvalue weighted by Crippen LogP contribution is 2.12. The maximum absolute atomic E-state index is 12.1. The van der Waals surface area contributed by atoms with Gasteiger partial charge in [-0.05, 0) is 19.3 Å². The molecule has 3 rings (SSSR count). The van der Waals surface area contributed by atoms with E-state index in [0.717, 1.165) is 31.5 Å². The Morgan fingerprint density at radius 1 is 1.09 bits per heavy atom. The summed E-state index contributed by atoms with van der Waals surface area (Å²) in [7, 11) is 0. The molecule has 1 aliphatic heterocycles. The summed E-state index contributed by atoms with van der Waals surface area (Å²) in [4.78, 5) is 28.9. The predicted molar refractivity (Wildman–Crippen MR) is 86.8 cm³/mol. The van der Waals surface area contributed by atoms with Gasteiger partial charge in [-0.1, -0.05) is 30.3 Å². The number of hydrogen-bond donors (Lipinski definition) is 1. The number of aromatic nitrogens is 3. The van der Waals surface area contributed by atoms with Gasteiger partial charge in [0.2, 0.25) is 5.91 Å². The lowest BCUT2D eigenvalue weighted by molar-refractivity contribution is -0.132. The van der Waals surface area contributed by atoms with E-state index < -0.39 is 0 Å². The molecule has 6 nitrogen and oxygen atoms in total. The molecule has 1 aromatic heterocycles. The third-order valence-electron chi connectivity index (χ3n) is 4.10. The third kappa shape index (κ3) is 3.83. The second-order valence-corrected chi connectivity index (χ2v) is 5.76. The van der Waals surface area contributed by atoms with Gasteiger partial charge in [0, 0.05) is 31.5 Å². The Balaban J connectivity index is 1.65. The highest BCUT2D eigenvalue weighted by molar-refractivity contribution is 5.76. The predicted octanol–water partition coefficient (Wildman–Crippen LogP) is 1.78. The summed E-state index contributed by atoms with van der Waals surface area (Å²) in [5.74, 6) is 0.541. The summed E-state index contributed by atoms with van der Waals surface area (Å²) >= 11 is 0. The molecule has 0 atom stereocenters. The van der Waals surface area contributed by atoms with Gasteiger partial charge in [0.25, 0.3) is 5.56 Å². The molecule has 0 saturated carbocycles. The summed E-state index contributed by atoms with van der Waals surface area (Å²) in [6.07, 6.45) is 3.96. The maximum atomic E-state index is 12.1. The number of likely N-dealkylation sites (tertiary alicyclic amines) is 1. The highest BCUT2D eigenvalue weighted by atomic mass is 16.2. The minimum Gasteiger partial charge on any atom is -0.343 e. The van der Waals surface area contributed by atoms with Crippen molar-refractivity contribution in [3.05, 3.63) is 46.4 Å². The monoisotopic (exact) mass is 312 g/mol. The lowest BCUT2D eigenvalue weighted by Crippen LogP contribution is -2.36. The molecule has 0 spiro atoms. The number of hydrogen-bond acceptors (Lipinski definition) is 4. The Kier molecular flexibility index (Phi) is 4.80. The number of nitrogens with zero attached hydrogens (tertiary/aromatic N) is 3. The molecule has 0 unspecified atom stereocenters. The van der Waals surface area contributed by atoms with Crippen molar-refractivity contribution in [2.24, 2.45) is 0 Å². The third-order valence-corrected chi connectivity index (χ3v) is 4.10. The van der Waals surface area contributed by atoms with Gasteiger partial charge in [-0.3, -0.25) is 9.59 Å². The molecule has 1 saturated heterocycles. The maximum Gasteiger partial charge on any atom is 0.273 e. The fourth-order valence-electron chi connectivity index (χ4n) is 2.78. The van der Waals surface area contributed by atoms with E-state index in [9.17, 15) is 9.59 Å². The van der Waals surface area contributed by atoms with Crippen molar-refractivity contribution < 1.29 is 4.79 Å². The van der Waals surface area contributed by atoms with Crippen molar-refractivity contribution in [3.63, 3.8) is 0 Å². The van der Waals surface area contributed by atoms with Crippen LogP contribution in [-0.2, 0) is 11.2 Å². The average molecular weight is 312 g/mol. The van der Waals surface area contributed by atoms with Gasteiger partial charge in [0.05, 0.1) is 0 Å². The molecule has 1 amide bonds. The molecule has 0 radical (unpaired) electrons. The number of benzene rings is 1. The van der Waals surface area contributed by atoms with Crippen LogP contribution in [0.3, 0.4) is 0 Å². The molecular formula is C17H20N4O2. The summed E-state index contributed by atoms with van der Waals surface area (Å²) in [6, 6.07) is 9.37. The SMILES string of the molecule is O=C(CCc1nnc(-c2ccccc2)[nH]c1=O)N1CCCCC1. The lowest BCUT2D eigenvalue weighted by atomic mass is 10.1. The minimum absolute atomic E-state index is 0.0954. The molecule has 1 aromatic carbocycles. The second-order valence-electron chi connectivity index (χ2n) is 5.76. The largest absolute Gasteiger partial charge is 0.343 e. The minimum atomic E-state index is -0.273. The summed E-state index contributed by atoms with van der Waals surface area (Å²) < 4.78 is 0. The molecule has 1 N–H and O–H groups in total. The van der Waals surface area contributed by atoms with Gasteiger partial charge in [0.15, 0.2) is 5.82 Å². The van der Waals surface area contributed by atoms with Crippen LogP contribution in [0.5, 0.6) is 0 Å². The molecule has 1 aliphatic rings. The fraction of sp³-hybridized carbons (Fsp3) is 0.412. The number of carbonyl (C=O) groups is 1. The van der Waals surface area contributed by atoms with Crippen molar-refractivity contribution in [1.82, 2.24) is 20.1 Å². The van der Waals surface area contributed by atoms with Gasteiger partial charge < -0.3 is 9.88 Å². The van der Waals surface area contributed by atoms with Crippen molar-refractivity contribution in [2.45, 2.75) is 32.1 Å². The van der Waals surface area contributed by atoms with Crippen LogP contribution in [0.15, 0.2) is 35.1 Å². The van der Waals surface area contributed by atoms with Crippen LogP contribution in [-0.4, -0.2) is 39.1 Å².